The number of piperidine rings is 1. The number of rotatable bonds is 4. The summed E-state index contributed by atoms with van der Waals surface area (Å²) in [6.07, 6.45) is 3.61. The van der Waals surface area contributed by atoms with E-state index in [0.717, 1.165) is 12.2 Å². The highest BCUT2D eigenvalue weighted by Crippen LogP contribution is 2.16. The van der Waals surface area contributed by atoms with Crippen LogP contribution < -0.4 is 5.32 Å². The van der Waals surface area contributed by atoms with E-state index < -0.39 is 11.9 Å². The number of hydrogen-bond acceptors (Lipinski definition) is 3. The number of likely N-dealkylation sites (tertiary alicyclic amines) is 1. The summed E-state index contributed by atoms with van der Waals surface area (Å²) in [5.41, 5.74) is 0. The van der Waals surface area contributed by atoms with Crippen LogP contribution in [0.25, 0.3) is 0 Å². The quantitative estimate of drug-likeness (QED) is 0.861. The minimum atomic E-state index is -0.826. The lowest BCUT2D eigenvalue weighted by Gasteiger charge is -2.30. The van der Waals surface area contributed by atoms with Gasteiger partial charge in [0.25, 0.3) is 0 Å². The van der Waals surface area contributed by atoms with Gasteiger partial charge in [-0.1, -0.05) is 0 Å². The molecular formula is C13H18N2O4. The smallest absolute Gasteiger partial charge is 0.317 e. The molecule has 1 saturated heterocycles. The van der Waals surface area contributed by atoms with Gasteiger partial charge < -0.3 is 19.7 Å². The molecule has 0 radical (unpaired) electrons. The van der Waals surface area contributed by atoms with Gasteiger partial charge in [0.05, 0.1) is 12.2 Å². The molecule has 0 aliphatic carbocycles. The molecule has 1 atom stereocenters. The number of nitrogens with zero attached hydrogens (tertiary/aromatic N) is 1. The number of furan rings is 1. The molecule has 2 amide bonds. The third kappa shape index (κ3) is 3.74. The van der Waals surface area contributed by atoms with Crippen molar-refractivity contribution in [2.45, 2.75) is 19.3 Å². The van der Waals surface area contributed by atoms with Crippen LogP contribution in [0.4, 0.5) is 4.79 Å². The second-order valence-electron chi connectivity index (χ2n) is 4.68. The van der Waals surface area contributed by atoms with Crippen molar-refractivity contribution in [3.8, 4) is 0 Å². The lowest BCUT2D eigenvalue weighted by Crippen LogP contribution is -2.47. The summed E-state index contributed by atoms with van der Waals surface area (Å²) in [7, 11) is 0. The highest BCUT2D eigenvalue weighted by atomic mass is 16.4. The Balaban J connectivity index is 1.74. The predicted octanol–water partition coefficient (Wildman–Crippen LogP) is 1.33. The molecular weight excluding hydrogens is 248 g/mol. The van der Waals surface area contributed by atoms with Gasteiger partial charge >= 0.3 is 12.0 Å². The second kappa shape index (κ2) is 6.26. The van der Waals surface area contributed by atoms with E-state index in [2.05, 4.69) is 5.32 Å². The number of carbonyl (C=O) groups excluding carboxylic acids is 1. The van der Waals surface area contributed by atoms with Crippen molar-refractivity contribution in [3.63, 3.8) is 0 Å². The van der Waals surface area contributed by atoms with Crippen molar-refractivity contribution in [2.24, 2.45) is 5.92 Å². The minimum Gasteiger partial charge on any atom is -0.481 e. The number of carboxylic acids is 1. The Morgan fingerprint density at radius 3 is 3.05 bits per heavy atom. The highest BCUT2D eigenvalue weighted by Gasteiger charge is 2.27. The van der Waals surface area contributed by atoms with E-state index in [-0.39, 0.29) is 6.03 Å². The Kier molecular flexibility index (Phi) is 4.43. The molecule has 2 rings (SSSR count). The van der Waals surface area contributed by atoms with Crippen LogP contribution in [0, 0.1) is 5.92 Å². The lowest BCUT2D eigenvalue weighted by atomic mass is 9.99. The Morgan fingerprint density at radius 2 is 2.37 bits per heavy atom. The summed E-state index contributed by atoms with van der Waals surface area (Å²) < 4.78 is 5.17. The zero-order chi connectivity index (χ0) is 13.7. The topological polar surface area (TPSA) is 82.8 Å². The van der Waals surface area contributed by atoms with Crippen LogP contribution in [-0.2, 0) is 11.2 Å². The second-order valence-corrected chi connectivity index (χ2v) is 4.68. The lowest BCUT2D eigenvalue weighted by molar-refractivity contribution is -0.143. The van der Waals surface area contributed by atoms with Crippen molar-refractivity contribution >= 4 is 12.0 Å². The highest BCUT2D eigenvalue weighted by molar-refractivity contribution is 5.76. The van der Waals surface area contributed by atoms with Crippen LogP contribution >= 0.6 is 0 Å². The zero-order valence-electron chi connectivity index (χ0n) is 10.7. The molecule has 1 aromatic heterocycles. The Morgan fingerprint density at radius 1 is 1.53 bits per heavy atom. The van der Waals surface area contributed by atoms with Gasteiger partial charge in [0.2, 0.25) is 0 Å². The SMILES string of the molecule is O=C(O)[C@H]1CCCN(C(=O)NCCc2ccco2)C1. The van der Waals surface area contributed by atoms with Crippen molar-refractivity contribution in [1.29, 1.82) is 0 Å². The maximum absolute atomic E-state index is 11.9. The minimum absolute atomic E-state index is 0.197. The van der Waals surface area contributed by atoms with Gasteiger partial charge in [-0.15, -0.1) is 0 Å². The number of hydrogen-bond donors (Lipinski definition) is 2. The van der Waals surface area contributed by atoms with E-state index in [0.29, 0.717) is 32.5 Å². The van der Waals surface area contributed by atoms with E-state index in [1.54, 1.807) is 17.2 Å². The first kappa shape index (κ1) is 13.5. The molecule has 2 heterocycles. The van der Waals surface area contributed by atoms with E-state index in [4.69, 9.17) is 9.52 Å². The third-order valence-corrected chi connectivity index (χ3v) is 3.29. The number of carbonyl (C=O) groups is 2. The van der Waals surface area contributed by atoms with E-state index in [1.807, 2.05) is 6.07 Å². The molecule has 0 saturated carbocycles. The Bertz CT molecular complexity index is 430. The molecule has 6 heteroatoms. The van der Waals surface area contributed by atoms with Gasteiger partial charge in [-0.05, 0) is 25.0 Å². The molecule has 2 N–H and O–H groups in total. The summed E-state index contributed by atoms with van der Waals surface area (Å²) in [6, 6.07) is 3.46. The van der Waals surface area contributed by atoms with Crippen LogP contribution in [0.5, 0.6) is 0 Å². The van der Waals surface area contributed by atoms with Gasteiger partial charge in [-0.25, -0.2) is 4.79 Å². The predicted molar refractivity (Wildman–Crippen MR) is 67.7 cm³/mol. The zero-order valence-corrected chi connectivity index (χ0v) is 10.7. The van der Waals surface area contributed by atoms with Crippen molar-refractivity contribution < 1.29 is 19.1 Å². The molecule has 1 fully saturated rings. The fourth-order valence-electron chi connectivity index (χ4n) is 2.22. The number of carboxylic acid groups (broad SMARTS) is 1. The normalized spacial score (nSPS) is 19.2. The first-order valence-electron chi connectivity index (χ1n) is 6.45. The molecule has 1 aliphatic heterocycles. The molecule has 0 aromatic carbocycles. The standard InChI is InChI=1S/C13H18N2O4/c16-12(17)10-3-1-7-15(9-10)13(18)14-6-5-11-4-2-8-19-11/h2,4,8,10H,1,3,5-7,9H2,(H,14,18)(H,16,17)/t10-/m0/s1. The van der Waals surface area contributed by atoms with E-state index in [1.165, 1.54) is 0 Å². The third-order valence-electron chi connectivity index (χ3n) is 3.29. The summed E-state index contributed by atoms with van der Waals surface area (Å²) in [5.74, 6) is -0.444. The first-order valence-corrected chi connectivity index (χ1v) is 6.45. The van der Waals surface area contributed by atoms with Gasteiger partial charge in [0.1, 0.15) is 5.76 Å². The van der Waals surface area contributed by atoms with Crippen LogP contribution in [0.1, 0.15) is 18.6 Å². The van der Waals surface area contributed by atoms with E-state index >= 15 is 0 Å². The molecule has 0 spiro atoms. The van der Waals surface area contributed by atoms with Crippen LogP contribution in [0.15, 0.2) is 22.8 Å². The summed E-state index contributed by atoms with van der Waals surface area (Å²) in [5, 5.41) is 11.8. The van der Waals surface area contributed by atoms with Gasteiger partial charge in [-0.2, -0.15) is 0 Å². The first-order chi connectivity index (χ1) is 9.16. The Labute approximate surface area is 111 Å². The maximum atomic E-state index is 11.9. The van der Waals surface area contributed by atoms with Crippen molar-refractivity contribution in [2.75, 3.05) is 19.6 Å². The van der Waals surface area contributed by atoms with Crippen molar-refractivity contribution in [3.05, 3.63) is 24.2 Å². The molecule has 0 bridgehead atoms. The average Bonchev–Trinajstić information content (AvgIpc) is 2.92. The van der Waals surface area contributed by atoms with Crippen LogP contribution in [-0.4, -0.2) is 41.6 Å². The molecule has 0 unspecified atom stereocenters. The molecule has 19 heavy (non-hydrogen) atoms. The Hall–Kier alpha value is -1.98. The summed E-state index contributed by atoms with van der Waals surface area (Å²) in [6.45, 7) is 1.40. The number of nitrogens with one attached hydrogen (secondary N) is 1. The largest absolute Gasteiger partial charge is 0.481 e. The summed E-state index contributed by atoms with van der Waals surface area (Å²) >= 11 is 0. The molecule has 6 nitrogen and oxygen atoms in total. The van der Waals surface area contributed by atoms with Crippen LogP contribution in [0.2, 0.25) is 0 Å². The van der Waals surface area contributed by atoms with Crippen molar-refractivity contribution in [1.82, 2.24) is 10.2 Å². The number of aliphatic carboxylic acids is 1. The van der Waals surface area contributed by atoms with Gasteiger partial charge in [0.15, 0.2) is 0 Å². The molecule has 1 aromatic rings. The fourth-order valence-corrected chi connectivity index (χ4v) is 2.22. The fraction of sp³-hybridized carbons (Fsp3) is 0.538. The molecule has 104 valence electrons. The summed E-state index contributed by atoms with van der Waals surface area (Å²) in [4.78, 5) is 24.4. The monoisotopic (exact) mass is 266 g/mol. The molecule has 1 aliphatic rings. The number of amides is 2. The maximum Gasteiger partial charge on any atom is 0.317 e. The van der Waals surface area contributed by atoms with E-state index in [9.17, 15) is 9.59 Å². The van der Waals surface area contributed by atoms with Gasteiger partial charge in [-0.3, -0.25) is 4.79 Å². The number of urea groups is 1. The van der Waals surface area contributed by atoms with Crippen LogP contribution in [0.3, 0.4) is 0 Å². The average molecular weight is 266 g/mol. The van der Waals surface area contributed by atoms with Gasteiger partial charge in [0, 0.05) is 26.1 Å².